The lowest BCUT2D eigenvalue weighted by molar-refractivity contribution is -0.384. The summed E-state index contributed by atoms with van der Waals surface area (Å²) in [4.78, 5) is 113. The zero-order chi connectivity index (χ0) is 42.8. The van der Waals surface area contributed by atoms with Crippen LogP contribution in [-0.4, -0.2) is 110 Å². The second-order valence-corrected chi connectivity index (χ2v) is 14.8. The molecule has 1 aromatic carbocycles. The van der Waals surface area contributed by atoms with Gasteiger partial charge in [-0.2, -0.15) is 12.6 Å². The van der Waals surface area contributed by atoms with E-state index in [1.54, 1.807) is 13.8 Å². The number of nitrogens with one attached hydrogen (secondary N) is 5. The molecule has 1 saturated carbocycles. The number of nitrogens with zero attached hydrogens (tertiary/aromatic N) is 1. The van der Waals surface area contributed by atoms with Crippen molar-refractivity contribution < 1.29 is 58.6 Å². The van der Waals surface area contributed by atoms with E-state index in [1.165, 1.54) is 24.3 Å². The summed E-state index contributed by atoms with van der Waals surface area (Å²) in [5.74, 6) is -9.08. The normalized spacial score (nSPS) is 16.1. The predicted molar refractivity (Wildman–Crippen MR) is 206 cm³/mol. The number of thiol groups is 1. The Morgan fingerprint density at radius 2 is 1.26 bits per heavy atom. The van der Waals surface area contributed by atoms with E-state index in [2.05, 4.69) is 39.2 Å². The largest absolute Gasteiger partial charge is 0.481 e. The molecule has 5 amide bonds. The van der Waals surface area contributed by atoms with Gasteiger partial charge in [0.2, 0.25) is 29.5 Å². The highest BCUT2D eigenvalue weighted by molar-refractivity contribution is 7.80. The Labute approximate surface area is 334 Å². The molecule has 1 aliphatic rings. The van der Waals surface area contributed by atoms with Gasteiger partial charge in [-0.15, -0.1) is 0 Å². The van der Waals surface area contributed by atoms with Gasteiger partial charge in [-0.1, -0.05) is 58.1 Å². The van der Waals surface area contributed by atoms with Crippen molar-refractivity contribution in [1.29, 1.82) is 0 Å². The van der Waals surface area contributed by atoms with E-state index < -0.39 is 108 Å². The van der Waals surface area contributed by atoms with Crippen molar-refractivity contribution in [1.82, 2.24) is 26.6 Å². The molecule has 0 heterocycles. The number of amides is 5. The van der Waals surface area contributed by atoms with E-state index in [0.717, 1.165) is 32.1 Å². The van der Waals surface area contributed by atoms with E-state index in [9.17, 15) is 58.7 Å². The minimum Gasteiger partial charge on any atom is -0.481 e. The SMILES string of the molecule is CC(C)C[C@H](NC(=O)[C@H](Cc1ccc([N+](=O)[O-])cc1)NC(=O)[C@@H](N)CC(=O)O)C(=O)N[C@@H](CCC(=O)O)C(=O)N[C@@H](CC1CCCCC1)C(=O)N[C@@H](CS)C(=O)O. The molecule has 1 aromatic rings. The number of benzene rings is 1. The fourth-order valence-electron chi connectivity index (χ4n) is 6.26. The van der Waals surface area contributed by atoms with E-state index in [4.69, 9.17) is 10.8 Å². The molecule has 20 nitrogen and oxygen atoms in total. The maximum Gasteiger partial charge on any atom is 0.327 e. The van der Waals surface area contributed by atoms with E-state index in [0.29, 0.717) is 5.56 Å². The molecule has 1 aliphatic carbocycles. The lowest BCUT2D eigenvalue weighted by Gasteiger charge is -2.29. The molecule has 21 heteroatoms. The number of carbonyl (C=O) groups is 8. The molecule has 0 saturated heterocycles. The smallest absolute Gasteiger partial charge is 0.327 e. The lowest BCUT2D eigenvalue weighted by Crippen LogP contribution is -2.60. The number of hydrogen-bond donors (Lipinski definition) is 10. The Morgan fingerprint density at radius 1 is 0.754 bits per heavy atom. The Balaban J connectivity index is 2.39. The molecule has 0 aliphatic heterocycles. The van der Waals surface area contributed by atoms with Gasteiger partial charge < -0.3 is 47.6 Å². The fourth-order valence-corrected chi connectivity index (χ4v) is 6.51. The first kappa shape index (κ1) is 47.8. The summed E-state index contributed by atoms with van der Waals surface area (Å²) in [6.45, 7) is 3.46. The van der Waals surface area contributed by atoms with Gasteiger partial charge in [0.05, 0.1) is 17.4 Å². The van der Waals surface area contributed by atoms with Crippen molar-refractivity contribution >= 4 is 65.8 Å². The first-order chi connectivity index (χ1) is 26.8. The minimum atomic E-state index is -1.56. The first-order valence-electron chi connectivity index (χ1n) is 18.6. The topological polar surface area (TPSA) is 327 Å². The zero-order valence-electron chi connectivity index (χ0n) is 31.8. The van der Waals surface area contributed by atoms with Gasteiger partial charge in [-0.05, 0) is 36.7 Å². The van der Waals surface area contributed by atoms with Crippen LogP contribution in [0.2, 0.25) is 0 Å². The summed E-state index contributed by atoms with van der Waals surface area (Å²) in [5.41, 5.74) is 5.81. The third kappa shape index (κ3) is 17.2. The highest BCUT2D eigenvalue weighted by Gasteiger charge is 2.34. The predicted octanol–water partition coefficient (Wildman–Crippen LogP) is 0.259. The summed E-state index contributed by atoms with van der Waals surface area (Å²) in [6, 6.07) is -3.52. The van der Waals surface area contributed by atoms with Gasteiger partial charge in [0.1, 0.15) is 30.2 Å². The van der Waals surface area contributed by atoms with Crippen molar-refractivity contribution in [2.45, 2.75) is 121 Å². The summed E-state index contributed by atoms with van der Waals surface area (Å²) >= 11 is 3.98. The number of nitro benzene ring substituents is 1. The van der Waals surface area contributed by atoms with Gasteiger partial charge in [0.15, 0.2) is 0 Å². The molecular formula is C36H53N7O13S. The summed E-state index contributed by atoms with van der Waals surface area (Å²) < 4.78 is 0. The number of non-ortho nitro benzene ring substituents is 1. The van der Waals surface area contributed by atoms with Crippen LogP contribution in [0.25, 0.3) is 0 Å². The van der Waals surface area contributed by atoms with Crippen LogP contribution in [-0.2, 0) is 44.8 Å². The van der Waals surface area contributed by atoms with Crippen LogP contribution in [0.3, 0.4) is 0 Å². The summed E-state index contributed by atoms with van der Waals surface area (Å²) in [7, 11) is 0. The first-order valence-corrected chi connectivity index (χ1v) is 19.2. The van der Waals surface area contributed by atoms with Crippen molar-refractivity contribution in [3.05, 3.63) is 39.9 Å². The van der Waals surface area contributed by atoms with Crippen molar-refractivity contribution in [2.75, 3.05) is 5.75 Å². The number of hydrogen-bond acceptors (Lipinski definition) is 12. The molecule has 316 valence electrons. The van der Waals surface area contributed by atoms with Crippen LogP contribution in [0, 0.1) is 22.0 Å². The molecular weight excluding hydrogens is 770 g/mol. The number of aliphatic carboxylic acids is 3. The highest BCUT2D eigenvalue weighted by atomic mass is 32.1. The Bertz CT molecular complexity index is 1600. The average Bonchev–Trinajstić information content (AvgIpc) is 3.14. The fraction of sp³-hybridized carbons (Fsp3) is 0.611. The van der Waals surface area contributed by atoms with Gasteiger partial charge in [-0.3, -0.25) is 43.7 Å². The number of rotatable bonds is 24. The molecule has 2 rings (SSSR count). The second kappa shape index (κ2) is 23.7. The number of nitrogens with two attached hydrogens (primary N) is 1. The van der Waals surface area contributed by atoms with Crippen molar-refractivity contribution in [3.8, 4) is 0 Å². The minimum absolute atomic E-state index is 0.0184. The van der Waals surface area contributed by atoms with Gasteiger partial charge >= 0.3 is 17.9 Å². The number of carboxylic acid groups (broad SMARTS) is 3. The van der Waals surface area contributed by atoms with Crippen LogP contribution in [0.15, 0.2) is 24.3 Å². The van der Waals surface area contributed by atoms with Gasteiger partial charge in [-0.25, -0.2) is 4.79 Å². The van der Waals surface area contributed by atoms with Crippen LogP contribution < -0.4 is 32.3 Å². The van der Waals surface area contributed by atoms with Crippen molar-refractivity contribution in [3.63, 3.8) is 0 Å². The summed E-state index contributed by atoms with van der Waals surface area (Å²) in [5, 5.41) is 51.5. The standard InChI is InChI=1S/C36H53N7O13S/c1-19(2)14-25(40-34(51)26(39-31(48)23(37)17-30(46)47)16-21-8-10-22(11-9-21)43(55)56)33(50)38-24(12-13-29(44)45)32(49)41-27(15-20-6-4-3-5-7-20)35(52)42-28(18-57)36(53)54/h8-11,19-20,23-28,57H,3-7,12-18,37H2,1-2H3,(H,38,50)(H,39,48)(H,40,51)(H,41,49)(H,42,52)(H,44,45)(H,46,47)(H,53,54)/t23-,24-,25-,26-,27-,28-/m0/s1. The third-order valence-electron chi connectivity index (χ3n) is 9.30. The summed E-state index contributed by atoms with van der Waals surface area (Å²) in [6.07, 6.45) is 2.41. The van der Waals surface area contributed by atoms with Crippen LogP contribution >= 0.6 is 12.6 Å². The quantitative estimate of drug-likeness (QED) is 0.0380. The molecule has 0 bridgehead atoms. The number of carboxylic acids is 3. The molecule has 57 heavy (non-hydrogen) atoms. The van der Waals surface area contributed by atoms with Crippen LogP contribution in [0.5, 0.6) is 0 Å². The molecule has 10 N–H and O–H groups in total. The second-order valence-electron chi connectivity index (χ2n) is 14.5. The molecule has 0 unspecified atom stereocenters. The van der Waals surface area contributed by atoms with E-state index in [-0.39, 0.29) is 42.5 Å². The molecule has 6 atom stereocenters. The molecule has 0 aromatic heterocycles. The van der Waals surface area contributed by atoms with Crippen LogP contribution in [0.1, 0.15) is 83.6 Å². The molecule has 0 radical (unpaired) electrons. The highest BCUT2D eigenvalue weighted by Crippen LogP contribution is 2.27. The molecule has 1 fully saturated rings. The zero-order valence-corrected chi connectivity index (χ0v) is 32.7. The third-order valence-corrected chi connectivity index (χ3v) is 9.66. The Morgan fingerprint density at radius 3 is 1.79 bits per heavy atom. The monoisotopic (exact) mass is 823 g/mol. The maximum atomic E-state index is 13.9. The van der Waals surface area contributed by atoms with Gasteiger partial charge in [0.25, 0.3) is 5.69 Å². The Kier molecular flexibility index (Phi) is 19.9. The van der Waals surface area contributed by atoms with Gasteiger partial charge in [0, 0.05) is 30.7 Å². The van der Waals surface area contributed by atoms with E-state index in [1.807, 2.05) is 0 Å². The van der Waals surface area contributed by atoms with Crippen molar-refractivity contribution in [2.24, 2.45) is 17.6 Å². The maximum absolute atomic E-state index is 13.9. The lowest BCUT2D eigenvalue weighted by atomic mass is 9.84. The van der Waals surface area contributed by atoms with E-state index >= 15 is 0 Å². The van der Waals surface area contributed by atoms with Crippen LogP contribution in [0.4, 0.5) is 5.69 Å². The number of carbonyl (C=O) groups excluding carboxylic acids is 5. The average molecular weight is 824 g/mol. The number of nitro groups is 1. The molecule has 0 spiro atoms. The Hall–Kier alpha value is -5.31.